The number of carbonyl (C=O) groups is 2. The second kappa shape index (κ2) is 11.4. The van der Waals surface area contributed by atoms with E-state index in [0.29, 0.717) is 43.8 Å². The molecule has 2 aromatic carbocycles. The van der Waals surface area contributed by atoms with Crippen LogP contribution in [0.4, 0.5) is 5.69 Å². The summed E-state index contributed by atoms with van der Waals surface area (Å²) in [4.78, 5) is 25.0. The van der Waals surface area contributed by atoms with Crippen molar-refractivity contribution in [3.8, 4) is 0 Å². The standard InChI is InChI=1S/C21H19Cl4N5O2S/c1-3-30-19(11(2)26-20(32)14-6-4-12(22)8-16(14)25)28-29-21(30)33-10-18(31)27-17-9-13(23)5-7-15(17)24/h4-9,11H,3,10H2,1-2H3,(H,26,32)(H,27,31)/t11-/m0/s1. The molecule has 33 heavy (non-hydrogen) atoms. The van der Waals surface area contributed by atoms with Gasteiger partial charge in [0, 0.05) is 16.6 Å². The Kier molecular flexibility index (Phi) is 8.89. The fourth-order valence-corrected chi connectivity index (χ4v) is 4.59. The first-order valence-corrected chi connectivity index (χ1v) is 12.3. The summed E-state index contributed by atoms with van der Waals surface area (Å²) in [6.07, 6.45) is 0. The fourth-order valence-electron chi connectivity index (χ4n) is 2.95. The molecule has 174 valence electrons. The van der Waals surface area contributed by atoms with Gasteiger partial charge in [-0.3, -0.25) is 9.59 Å². The van der Waals surface area contributed by atoms with Crippen LogP contribution in [0.3, 0.4) is 0 Å². The average molecular weight is 547 g/mol. The first-order chi connectivity index (χ1) is 15.7. The van der Waals surface area contributed by atoms with E-state index in [0.717, 1.165) is 0 Å². The third-order valence-corrected chi connectivity index (χ3v) is 6.59. The van der Waals surface area contributed by atoms with Crippen LogP contribution < -0.4 is 10.6 Å². The lowest BCUT2D eigenvalue weighted by molar-refractivity contribution is -0.113. The van der Waals surface area contributed by atoms with Gasteiger partial charge in [0.25, 0.3) is 5.91 Å². The van der Waals surface area contributed by atoms with Gasteiger partial charge in [0.2, 0.25) is 5.91 Å². The summed E-state index contributed by atoms with van der Waals surface area (Å²) < 4.78 is 1.83. The Hall–Kier alpha value is -1.97. The Bertz CT molecular complexity index is 1190. The molecular weight excluding hydrogens is 528 g/mol. The molecule has 1 atom stereocenters. The van der Waals surface area contributed by atoms with E-state index in [-0.39, 0.29) is 22.6 Å². The van der Waals surface area contributed by atoms with Gasteiger partial charge in [-0.25, -0.2) is 0 Å². The highest BCUT2D eigenvalue weighted by Crippen LogP contribution is 2.27. The van der Waals surface area contributed by atoms with Crippen molar-refractivity contribution in [2.45, 2.75) is 31.6 Å². The summed E-state index contributed by atoms with van der Waals surface area (Å²) in [6, 6.07) is 9.04. The van der Waals surface area contributed by atoms with Gasteiger partial charge in [-0.15, -0.1) is 10.2 Å². The summed E-state index contributed by atoms with van der Waals surface area (Å²) in [7, 11) is 0. The van der Waals surface area contributed by atoms with Crippen molar-refractivity contribution < 1.29 is 9.59 Å². The van der Waals surface area contributed by atoms with Crippen molar-refractivity contribution in [1.82, 2.24) is 20.1 Å². The zero-order valence-corrected chi connectivity index (χ0v) is 21.4. The molecule has 0 saturated heterocycles. The molecule has 0 radical (unpaired) electrons. The highest BCUT2D eigenvalue weighted by atomic mass is 35.5. The van der Waals surface area contributed by atoms with E-state index in [9.17, 15) is 9.59 Å². The summed E-state index contributed by atoms with van der Waals surface area (Å²) in [6.45, 7) is 4.27. The van der Waals surface area contributed by atoms with Gasteiger partial charge in [-0.2, -0.15) is 0 Å². The van der Waals surface area contributed by atoms with Gasteiger partial charge in [0.15, 0.2) is 11.0 Å². The van der Waals surface area contributed by atoms with E-state index in [1.165, 1.54) is 17.8 Å². The number of hydrogen-bond acceptors (Lipinski definition) is 5. The van der Waals surface area contributed by atoms with Crippen LogP contribution in [0.5, 0.6) is 0 Å². The van der Waals surface area contributed by atoms with Crippen molar-refractivity contribution in [1.29, 1.82) is 0 Å². The molecule has 0 aliphatic heterocycles. The third kappa shape index (κ3) is 6.55. The van der Waals surface area contributed by atoms with Crippen LogP contribution in [0.15, 0.2) is 41.6 Å². The van der Waals surface area contributed by atoms with Crippen LogP contribution in [-0.2, 0) is 11.3 Å². The predicted molar refractivity (Wildman–Crippen MR) is 134 cm³/mol. The van der Waals surface area contributed by atoms with Gasteiger partial charge >= 0.3 is 0 Å². The number of hydrogen-bond donors (Lipinski definition) is 2. The second-order valence-electron chi connectivity index (χ2n) is 6.87. The van der Waals surface area contributed by atoms with E-state index >= 15 is 0 Å². The zero-order chi connectivity index (χ0) is 24.1. The van der Waals surface area contributed by atoms with Crippen molar-refractivity contribution in [3.05, 3.63) is 67.9 Å². The highest BCUT2D eigenvalue weighted by molar-refractivity contribution is 7.99. The minimum Gasteiger partial charge on any atom is -0.342 e. The van der Waals surface area contributed by atoms with Crippen LogP contribution in [0.25, 0.3) is 0 Å². The monoisotopic (exact) mass is 545 g/mol. The molecule has 0 aliphatic rings. The summed E-state index contributed by atoms with van der Waals surface area (Å²) in [5.41, 5.74) is 0.742. The van der Waals surface area contributed by atoms with Crippen molar-refractivity contribution >= 4 is 75.7 Å². The van der Waals surface area contributed by atoms with Crippen molar-refractivity contribution in [3.63, 3.8) is 0 Å². The van der Waals surface area contributed by atoms with E-state index < -0.39 is 6.04 Å². The Balaban J connectivity index is 1.65. The molecule has 1 heterocycles. The SMILES string of the molecule is CCn1c(SCC(=O)Nc2cc(Cl)ccc2Cl)nnc1[C@H](C)NC(=O)c1ccc(Cl)cc1Cl. The lowest BCUT2D eigenvalue weighted by Gasteiger charge is -2.15. The van der Waals surface area contributed by atoms with E-state index in [4.69, 9.17) is 46.4 Å². The third-order valence-electron chi connectivity index (χ3n) is 4.51. The maximum absolute atomic E-state index is 12.6. The van der Waals surface area contributed by atoms with Crippen LogP contribution in [0.2, 0.25) is 20.1 Å². The minimum absolute atomic E-state index is 0.0854. The van der Waals surface area contributed by atoms with Crippen LogP contribution in [0, 0.1) is 0 Å². The normalized spacial score (nSPS) is 11.8. The molecule has 2 amide bonds. The molecule has 0 spiro atoms. The Morgan fingerprint density at radius 3 is 2.42 bits per heavy atom. The molecule has 0 unspecified atom stereocenters. The molecule has 3 aromatic rings. The number of anilines is 1. The smallest absolute Gasteiger partial charge is 0.253 e. The predicted octanol–water partition coefficient (Wildman–Crippen LogP) is 6.13. The van der Waals surface area contributed by atoms with Crippen molar-refractivity contribution in [2.75, 3.05) is 11.1 Å². The number of amides is 2. The fraction of sp³-hybridized carbons (Fsp3) is 0.238. The van der Waals surface area contributed by atoms with E-state index in [2.05, 4.69) is 20.8 Å². The van der Waals surface area contributed by atoms with Crippen molar-refractivity contribution in [2.24, 2.45) is 0 Å². The lowest BCUT2D eigenvalue weighted by Crippen LogP contribution is -2.29. The Labute approximate surface area is 215 Å². The maximum Gasteiger partial charge on any atom is 0.253 e. The molecule has 1 aromatic heterocycles. The largest absolute Gasteiger partial charge is 0.342 e. The van der Waals surface area contributed by atoms with E-state index in [1.807, 2.05) is 11.5 Å². The zero-order valence-electron chi connectivity index (χ0n) is 17.5. The average Bonchev–Trinajstić information content (AvgIpc) is 3.17. The number of aromatic nitrogens is 3. The molecule has 0 saturated carbocycles. The molecule has 3 rings (SSSR count). The first-order valence-electron chi connectivity index (χ1n) is 9.76. The van der Waals surface area contributed by atoms with E-state index in [1.54, 1.807) is 37.3 Å². The van der Waals surface area contributed by atoms with Gasteiger partial charge in [-0.05, 0) is 50.2 Å². The number of nitrogens with zero attached hydrogens (tertiary/aromatic N) is 3. The Morgan fingerprint density at radius 2 is 1.73 bits per heavy atom. The summed E-state index contributed by atoms with van der Waals surface area (Å²) in [5.74, 6) is 0.0101. The number of nitrogens with one attached hydrogen (secondary N) is 2. The molecule has 0 fully saturated rings. The molecule has 2 N–H and O–H groups in total. The first kappa shape index (κ1) is 25.6. The quantitative estimate of drug-likeness (QED) is 0.331. The second-order valence-corrected chi connectivity index (χ2v) is 9.50. The minimum atomic E-state index is -0.454. The van der Waals surface area contributed by atoms with Crippen LogP contribution in [-0.4, -0.2) is 32.3 Å². The number of thioether (sulfide) groups is 1. The molecule has 0 bridgehead atoms. The maximum atomic E-state index is 12.6. The lowest BCUT2D eigenvalue weighted by atomic mass is 10.2. The topological polar surface area (TPSA) is 88.9 Å². The van der Waals surface area contributed by atoms with Gasteiger partial charge in [-0.1, -0.05) is 58.2 Å². The number of halogens is 4. The highest BCUT2D eigenvalue weighted by Gasteiger charge is 2.21. The van der Waals surface area contributed by atoms with Crippen LogP contribution in [0.1, 0.15) is 36.1 Å². The number of carbonyl (C=O) groups excluding carboxylic acids is 2. The molecular formula is C21H19Cl4N5O2S. The summed E-state index contributed by atoms with van der Waals surface area (Å²) in [5, 5.41) is 16.1. The number of rotatable bonds is 8. The molecule has 7 nitrogen and oxygen atoms in total. The van der Waals surface area contributed by atoms with Crippen LogP contribution >= 0.6 is 58.2 Å². The van der Waals surface area contributed by atoms with Gasteiger partial charge in [0.05, 0.1) is 33.1 Å². The number of benzene rings is 2. The molecule has 0 aliphatic carbocycles. The summed E-state index contributed by atoms with van der Waals surface area (Å²) >= 11 is 25.3. The Morgan fingerprint density at radius 1 is 1.03 bits per heavy atom. The molecule has 12 heteroatoms. The van der Waals surface area contributed by atoms with Gasteiger partial charge in [0.1, 0.15) is 0 Å². The van der Waals surface area contributed by atoms with Gasteiger partial charge < -0.3 is 15.2 Å².